The van der Waals surface area contributed by atoms with E-state index in [1.54, 1.807) is 0 Å². The number of aliphatic carboxylic acids is 2. The Labute approximate surface area is 206 Å². The molecule has 0 aliphatic carbocycles. The molecule has 9 heteroatoms. The van der Waals surface area contributed by atoms with Crippen LogP contribution in [0.25, 0.3) is 0 Å². The van der Waals surface area contributed by atoms with Gasteiger partial charge in [-0.3, -0.25) is 14.9 Å². The van der Waals surface area contributed by atoms with Crippen molar-refractivity contribution in [2.24, 2.45) is 5.73 Å². The maximum atomic E-state index is 13.2. The molecule has 1 saturated heterocycles. The third-order valence-electron chi connectivity index (χ3n) is 5.00. The molecule has 1 amide bonds. The number of likely N-dealkylation sites (tertiary alicyclic amines) is 1. The van der Waals surface area contributed by atoms with E-state index >= 15 is 0 Å². The zero-order valence-corrected chi connectivity index (χ0v) is 19.2. The number of carbonyl (C=O) groups excluding carboxylic acids is 1. The van der Waals surface area contributed by atoms with E-state index in [0.717, 1.165) is 0 Å². The van der Waals surface area contributed by atoms with E-state index in [0.29, 0.717) is 32.2 Å². The van der Waals surface area contributed by atoms with Crippen LogP contribution in [0, 0.1) is 0 Å². The van der Waals surface area contributed by atoms with Gasteiger partial charge in [-0.25, -0.2) is 4.79 Å². The van der Waals surface area contributed by atoms with E-state index in [1.807, 2.05) is 0 Å². The van der Waals surface area contributed by atoms with Crippen molar-refractivity contribution < 1.29 is 31.5 Å². The van der Waals surface area contributed by atoms with Gasteiger partial charge in [-0.05, 0) is 50.6 Å². The number of nitrogens with one attached hydrogen (secondary N) is 1. The minimum atomic E-state index is -1.26. The van der Waals surface area contributed by atoms with E-state index in [9.17, 15) is 24.6 Å². The average Bonchev–Trinajstić information content (AvgIpc) is 3.29. The van der Waals surface area contributed by atoms with Crippen LogP contribution < -0.4 is 11.1 Å². The summed E-state index contributed by atoms with van der Waals surface area (Å²) in [6.07, 6.45) is 2.01. The fourth-order valence-electron chi connectivity index (χ4n) is 3.47. The minimum Gasteiger partial charge on any atom is -0.480 e. The summed E-state index contributed by atoms with van der Waals surface area (Å²) in [5.41, 5.74) is 5.53. The molecule has 161 valence electrons. The van der Waals surface area contributed by atoms with Crippen molar-refractivity contribution in [2.75, 3.05) is 13.1 Å². The zero-order valence-electron chi connectivity index (χ0n) is 22.2. The molecule has 1 heterocycles. The van der Waals surface area contributed by atoms with E-state index in [-0.39, 0.29) is 60.9 Å². The summed E-state index contributed by atoms with van der Waals surface area (Å²) in [4.78, 5) is 37.9. The first kappa shape index (κ1) is 19.3. The topological polar surface area (TPSA) is 133 Å². The number of hydrogen-bond donors (Lipinski definition) is 4. The molecular formula is C21H31N3NaO5. The van der Waals surface area contributed by atoms with E-state index in [4.69, 9.17) is 12.6 Å². The van der Waals surface area contributed by atoms with Crippen LogP contribution in [0.3, 0.4) is 0 Å². The predicted molar refractivity (Wildman–Crippen MR) is 114 cm³/mol. The monoisotopic (exact) mass is 433 g/mol. The number of hydrogen-bond acceptors (Lipinski definition) is 5. The van der Waals surface area contributed by atoms with Crippen LogP contribution in [0.1, 0.15) is 50.9 Å². The SMILES string of the molecule is [2H]c1c([2H])c([2H])c(CC[C@@H](N[C@@H](CCCCN)C(=O)N2CCC[C@@H]2C(=O)O)C(=O)O)c([2H])c1[2H].[Na]. The summed E-state index contributed by atoms with van der Waals surface area (Å²) >= 11 is 0. The third-order valence-corrected chi connectivity index (χ3v) is 5.00. The van der Waals surface area contributed by atoms with E-state index < -0.39 is 66.2 Å². The van der Waals surface area contributed by atoms with Crippen molar-refractivity contribution in [2.45, 2.75) is 63.1 Å². The molecule has 0 unspecified atom stereocenters. The maximum Gasteiger partial charge on any atom is 0.326 e. The minimum absolute atomic E-state index is 0. The van der Waals surface area contributed by atoms with Crippen molar-refractivity contribution in [3.8, 4) is 0 Å². The molecular weight excluding hydrogens is 397 g/mol. The van der Waals surface area contributed by atoms with Gasteiger partial charge in [0, 0.05) is 36.1 Å². The molecule has 1 aromatic rings. The van der Waals surface area contributed by atoms with E-state index in [2.05, 4.69) is 5.32 Å². The molecule has 0 bridgehead atoms. The maximum absolute atomic E-state index is 13.2. The second-order valence-corrected chi connectivity index (χ2v) is 7.06. The number of nitrogens with zero attached hydrogens (tertiary/aromatic N) is 1. The second-order valence-electron chi connectivity index (χ2n) is 7.06. The van der Waals surface area contributed by atoms with Crippen molar-refractivity contribution >= 4 is 47.4 Å². The van der Waals surface area contributed by atoms with Gasteiger partial charge in [0.25, 0.3) is 0 Å². The van der Waals surface area contributed by atoms with Crippen LogP contribution in [0.4, 0.5) is 0 Å². The Morgan fingerprint density at radius 2 is 1.87 bits per heavy atom. The predicted octanol–water partition coefficient (Wildman–Crippen LogP) is 0.854. The number of carboxylic acids is 2. The van der Waals surface area contributed by atoms with Gasteiger partial charge < -0.3 is 20.8 Å². The molecule has 1 fully saturated rings. The van der Waals surface area contributed by atoms with Crippen LogP contribution in [-0.4, -0.2) is 93.7 Å². The summed E-state index contributed by atoms with van der Waals surface area (Å²) < 4.78 is 39.2. The van der Waals surface area contributed by atoms with Gasteiger partial charge in [-0.1, -0.05) is 36.6 Å². The van der Waals surface area contributed by atoms with Gasteiger partial charge in [0.15, 0.2) is 0 Å². The normalized spacial score (nSPS) is 20.1. The van der Waals surface area contributed by atoms with Gasteiger partial charge in [-0.2, -0.15) is 0 Å². The van der Waals surface area contributed by atoms with Crippen LogP contribution >= 0.6 is 0 Å². The molecule has 0 saturated carbocycles. The summed E-state index contributed by atoms with van der Waals surface area (Å²) in [6.45, 7) is 0.658. The first-order valence-corrected chi connectivity index (χ1v) is 9.79. The molecule has 1 radical (unpaired) electrons. The first-order chi connectivity index (χ1) is 16.0. The molecule has 30 heavy (non-hydrogen) atoms. The summed E-state index contributed by atoms with van der Waals surface area (Å²) in [7, 11) is 0. The molecule has 3 atom stereocenters. The van der Waals surface area contributed by atoms with Crippen molar-refractivity contribution in [3.05, 3.63) is 35.8 Å². The fourth-order valence-corrected chi connectivity index (χ4v) is 3.47. The molecule has 2 rings (SSSR count). The number of benzene rings is 1. The Hall–Kier alpha value is -1.45. The number of nitrogens with two attached hydrogens (primary N) is 1. The average molecular weight is 434 g/mol. The Morgan fingerprint density at radius 1 is 1.17 bits per heavy atom. The number of unbranched alkanes of at least 4 members (excludes halogenated alkanes) is 1. The van der Waals surface area contributed by atoms with Crippen LogP contribution in [-0.2, 0) is 20.8 Å². The molecule has 8 nitrogen and oxygen atoms in total. The van der Waals surface area contributed by atoms with Gasteiger partial charge in [0.2, 0.25) is 5.91 Å². The smallest absolute Gasteiger partial charge is 0.326 e. The van der Waals surface area contributed by atoms with Gasteiger partial charge in [0.05, 0.1) is 12.9 Å². The first-order valence-electron chi connectivity index (χ1n) is 12.3. The zero-order chi connectivity index (χ0) is 25.6. The quantitative estimate of drug-likeness (QED) is 0.284. The molecule has 1 aliphatic heterocycles. The fraction of sp³-hybridized carbons (Fsp3) is 0.571. The molecule has 5 N–H and O–H groups in total. The Balaban J connectivity index is 0.00000612. The van der Waals surface area contributed by atoms with Gasteiger partial charge in [0.1, 0.15) is 12.1 Å². The standard InChI is InChI=1S/C21H31N3O5.Na/c22-13-5-4-9-16(19(25)24-14-6-10-18(24)21(28)29)23-17(20(26)27)12-11-15-7-2-1-3-8-15;/h1-3,7-8,16-18,23H,4-6,9-14,22H2,(H,26,27)(H,28,29);/t16-,17+,18+;/m0./s1/i1D,2D,3D,7D,8D;. The Kier molecular flexibility index (Phi) is 8.84. The third kappa shape index (κ3) is 8.00. The molecule has 0 aromatic heterocycles. The van der Waals surface area contributed by atoms with Crippen LogP contribution in [0.2, 0.25) is 0 Å². The van der Waals surface area contributed by atoms with E-state index in [1.165, 1.54) is 4.90 Å². The largest absolute Gasteiger partial charge is 0.480 e. The van der Waals surface area contributed by atoms with Crippen LogP contribution in [0.5, 0.6) is 0 Å². The van der Waals surface area contributed by atoms with Crippen LogP contribution in [0.15, 0.2) is 30.2 Å². The van der Waals surface area contributed by atoms with Gasteiger partial charge in [-0.15, -0.1) is 0 Å². The number of carbonyl (C=O) groups is 3. The molecule has 1 aliphatic rings. The second kappa shape index (κ2) is 13.8. The van der Waals surface area contributed by atoms with Crippen molar-refractivity contribution in [3.63, 3.8) is 0 Å². The Bertz CT molecular complexity index is 910. The molecule has 1 aromatic carbocycles. The van der Waals surface area contributed by atoms with Crippen molar-refractivity contribution in [1.29, 1.82) is 0 Å². The summed E-state index contributed by atoms with van der Waals surface area (Å²) in [5.74, 6) is -2.86. The van der Waals surface area contributed by atoms with Gasteiger partial charge >= 0.3 is 11.9 Å². The number of carboxylic acid groups (broad SMARTS) is 2. The number of amides is 1. The summed E-state index contributed by atoms with van der Waals surface area (Å²) in [6, 6.07) is -5.49. The Morgan fingerprint density at radius 3 is 2.47 bits per heavy atom. The molecule has 0 spiro atoms. The summed E-state index contributed by atoms with van der Waals surface area (Å²) in [5, 5.41) is 22.0. The van der Waals surface area contributed by atoms with Crippen molar-refractivity contribution in [1.82, 2.24) is 10.2 Å². The number of rotatable bonds is 12.